The van der Waals surface area contributed by atoms with Crippen LogP contribution in [0.15, 0.2) is 18.2 Å². The number of hydrogen-bond donors (Lipinski definition) is 0. The Labute approximate surface area is 120 Å². The van der Waals surface area contributed by atoms with Crippen LogP contribution in [0.1, 0.15) is 28.7 Å². The van der Waals surface area contributed by atoms with Gasteiger partial charge in [-0.15, -0.1) is 5.10 Å². The maximum absolute atomic E-state index is 13.2. The maximum atomic E-state index is 13.2. The number of carbonyl (C=O) groups is 1. The molecule has 0 fully saturated rings. The number of rotatable bonds is 4. The normalized spacial score (nSPS) is 10.6. The molecule has 0 unspecified atom stereocenters. The van der Waals surface area contributed by atoms with Gasteiger partial charge in [0.25, 0.3) is 0 Å². The molecular weight excluding hydrogens is 285 g/mol. The molecule has 0 saturated heterocycles. The summed E-state index contributed by atoms with van der Waals surface area (Å²) in [5.41, 5.74) is 1.36. The van der Waals surface area contributed by atoms with Crippen LogP contribution in [0.4, 0.5) is 4.39 Å². The summed E-state index contributed by atoms with van der Waals surface area (Å²) in [4.78, 5) is 11.6. The van der Waals surface area contributed by atoms with Gasteiger partial charge in [-0.2, -0.15) is 0 Å². The van der Waals surface area contributed by atoms with Crippen molar-refractivity contribution in [2.24, 2.45) is 0 Å². The summed E-state index contributed by atoms with van der Waals surface area (Å²) in [7, 11) is 1.28. The van der Waals surface area contributed by atoms with Gasteiger partial charge < -0.3 is 4.74 Å². The summed E-state index contributed by atoms with van der Waals surface area (Å²) in [5.74, 6) is -0.922. The number of halogens is 2. The number of methoxy groups -OCH3 is 1. The molecule has 0 atom stereocenters. The van der Waals surface area contributed by atoms with Crippen LogP contribution in [0.3, 0.4) is 0 Å². The summed E-state index contributed by atoms with van der Waals surface area (Å²) >= 11 is 6.02. The molecule has 0 radical (unpaired) electrons. The summed E-state index contributed by atoms with van der Waals surface area (Å²) < 4.78 is 19.4. The van der Waals surface area contributed by atoms with Crippen LogP contribution >= 0.6 is 11.6 Å². The number of hydrogen-bond acceptors (Lipinski definition) is 4. The van der Waals surface area contributed by atoms with Crippen molar-refractivity contribution in [3.8, 4) is 0 Å². The van der Waals surface area contributed by atoms with E-state index >= 15 is 0 Å². The van der Waals surface area contributed by atoms with Gasteiger partial charge >= 0.3 is 5.97 Å². The van der Waals surface area contributed by atoms with Gasteiger partial charge in [0.2, 0.25) is 0 Å². The largest absolute Gasteiger partial charge is 0.464 e. The smallest absolute Gasteiger partial charge is 0.360 e. The molecule has 106 valence electrons. The van der Waals surface area contributed by atoms with Crippen molar-refractivity contribution in [2.45, 2.75) is 19.9 Å². The lowest BCUT2D eigenvalue weighted by Crippen LogP contribution is -2.10. The Balaban J connectivity index is 2.36. The Morgan fingerprint density at radius 2 is 2.25 bits per heavy atom. The van der Waals surface area contributed by atoms with Crippen molar-refractivity contribution in [2.75, 3.05) is 7.11 Å². The lowest BCUT2D eigenvalue weighted by molar-refractivity contribution is 0.0592. The van der Waals surface area contributed by atoms with E-state index in [1.54, 1.807) is 0 Å². The molecule has 0 N–H and O–H groups in total. The van der Waals surface area contributed by atoms with Gasteiger partial charge in [0.1, 0.15) is 5.82 Å². The summed E-state index contributed by atoms with van der Waals surface area (Å²) in [5, 5.41) is 8.15. The van der Waals surface area contributed by atoms with Crippen LogP contribution in [0, 0.1) is 5.82 Å². The Kier molecular flexibility index (Phi) is 4.34. The first-order chi connectivity index (χ1) is 9.56. The Morgan fingerprint density at radius 3 is 2.90 bits per heavy atom. The van der Waals surface area contributed by atoms with Crippen molar-refractivity contribution >= 4 is 17.6 Å². The molecule has 1 aromatic heterocycles. The Bertz CT molecular complexity index is 643. The molecule has 2 rings (SSSR count). The highest BCUT2D eigenvalue weighted by molar-refractivity contribution is 6.31. The van der Waals surface area contributed by atoms with E-state index in [1.807, 2.05) is 6.92 Å². The third-order valence-electron chi connectivity index (χ3n) is 2.88. The monoisotopic (exact) mass is 297 g/mol. The zero-order valence-corrected chi connectivity index (χ0v) is 11.8. The van der Waals surface area contributed by atoms with Gasteiger partial charge in [0.05, 0.1) is 19.3 Å². The summed E-state index contributed by atoms with van der Waals surface area (Å²) in [6, 6.07) is 4.10. The van der Waals surface area contributed by atoms with Gasteiger partial charge in [-0.3, -0.25) is 0 Å². The fourth-order valence-corrected chi connectivity index (χ4v) is 2.07. The first-order valence-electron chi connectivity index (χ1n) is 6.01. The highest BCUT2D eigenvalue weighted by Crippen LogP contribution is 2.19. The highest BCUT2D eigenvalue weighted by Gasteiger charge is 2.19. The molecule has 7 heteroatoms. The average molecular weight is 298 g/mol. The van der Waals surface area contributed by atoms with E-state index < -0.39 is 5.97 Å². The molecule has 0 saturated carbocycles. The number of nitrogens with zero attached hydrogens (tertiary/aromatic N) is 3. The van der Waals surface area contributed by atoms with E-state index in [-0.39, 0.29) is 18.1 Å². The van der Waals surface area contributed by atoms with Crippen molar-refractivity contribution in [3.63, 3.8) is 0 Å². The van der Waals surface area contributed by atoms with Gasteiger partial charge in [-0.1, -0.05) is 23.7 Å². The van der Waals surface area contributed by atoms with Gasteiger partial charge in [0, 0.05) is 5.02 Å². The first-order valence-corrected chi connectivity index (χ1v) is 6.39. The fourth-order valence-electron chi connectivity index (χ4n) is 1.89. The molecule has 0 amide bonds. The molecule has 2 aromatic rings. The molecule has 0 aliphatic rings. The lowest BCUT2D eigenvalue weighted by Gasteiger charge is -2.07. The van der Waals surface area contributed by atoms with E-state index in [2.05, 4.69) is 15.0 Å². The average Bonchev–Trinajstić information content (AvgIpc) is 2.84. The van der Waals surface area contributed by atoms with Crippen molar-refractivity contribution in [1.29, 1.82) is 0 Å². The van der Waals surface area contributed by atoms with Crippen molar-refractivity contribution < 1.29 is 13.9 Å². The second-order valence-corrected chi connectivity index (χ2v) is 4.53. The third-order valence-corrected chi connectivity index (χ3v) is 3.25. The molecule has 0 aliphatic carbocycles. The predicted molar refractivity (Wildman–Crippen MR) is 71.3 cm³/mol. The van der Waals surface area contributed by atoms with E-state index in [0.717, 1.165) is 0 Å². The molecule has 20 heavy (non-hydrogen) atoms. The molecule has 0 spiro atoms. The molecular formula is C13H13ClFN3O2. The predicted octanol–water partition coefficient (Wildman–Crippen LogP) is 2.47. The Morgan fingerprint density at radius 1 is 1.50 bits per heavy atom. The quantitative estimate of drug-likeness (QED) is 0.814. The first kappa shape index (κ1) is 14.5. The molecule has 0 bridgehead atoms. The van der Waals surface area contributed by atoms with E-state index in [0.29, 0.717) is 22.7 Å². The number of aromatic nitrogens is 3. The lowest BCUT2D eigenvalue weighted by atomic mass is 10.2. The number of carbonyl (C=O) groups excluding carboxylic acids is 1. The second kappa shape index (κ2) is 6.00. The maximum Gasteiger partial charge on any atom is 0.360 e. The fraction of sp³-hybridized carbons (Fsp3) is 0.308. The van der Waals surface area contributed by atoms with E-state index in [4.69, 9.17) is 11.6 Å². The van der Waals surface area contributed by atoms with Crippen LogP contribution in [0.2, 0.25) is 5.02 Å². The van der Waals surface area contributed by atoms with Gasteiger partial charge in [-0.05, 0) is 30.2 Å². The van der Waals surface area contributed by atoms with Crippen LogP contribution in [-0.2, 0) is 17.7 Å². The van der Waals surface area contributed by atoms with Gasteiger partial charge in [-0.25, -0.2) is 13.9 Å². The summed E-state index contributed by atoms with van der Waals surface area (Å²) in [6.07, 6.45) is 0.546. The minimum absolute atomic E-state index is 0.169. The Hall–Kier alpha value is -1.95. The SMILES string of the molecule is CCc1c(C(=O)OC)nnn1Cc1cc(F)ccc1Cl. The van der Waals surface area contributed by atoms with Gasteiger partial charge in [0.15, 0.2) is 5.69 Å². The zero-order chi connectivity index (χ0) is 14.7. The van der Waals surface area contributed by atoms with Crippen LogP contribution in [0.25, 0.3) is 0 Å². The third kappa shape index (κ3) is 2.80. The zero-order valence-electron chi connectivity index (χ0n) is 11.1. The van der Waals surface area contributed by atoms with Crippen LogP contribution < -0.4 is 0 Å². The van der Waals surface area contributed by atoms with Crippen molar-refractivity contribution in [1.82, 2.24) is 15.0 Å². The molecule has 1 aromatic carbocycles. The number of ether oxygens (including phenoxy) is 1. The van der Waals surface area contributed by atoms with E-state index in [1.165, 1.54) is 30.0 Å². The van der Waals surface area contributed by atoms with Crippen LogP contribution in [0.5, 0.6) is 0 Å². The molecule has 0 aliphatic heterocycles. The molecule has 1 heterocycles. The minimum atomic E-state index is -0.543. The van der Waals surface area contributed by atoms with Crippen molar-refractivity contribution in [3.05, 3.63) is 46.0 Å². The minimum Gasteiger partial charge on any atom is -0.464 e. The summed E-state index contributed by atoms with van der Waals surface area (Å²) in [6.45, 7) is 2.11. The topological polar surface area (TPSA) is 57.0 Å². The standard InChI is InChI=1S/C13H13ClFN3O2/c1-3-11-12(13(19)20-2)16-17-18(11)7-8-6-9(15)4-5-10(8)14/h4-6H,3,7H2,1-2H3. The van der Waals surface area contributed by atoms with Crippen LogP contribution in [-0.4, -0.2) is 28.1 Å². The molecule has 5 nitrogen and oxygen atoms in total. The second-order valence-electron chi connectivity index (χ2n) is 4.12. The highest BCUT2D eigenvalue weighted by atomic mass is 35.5. The van der Waals surface area contributed by atoms with E-state index in [9.17, 15) is 9.18 Å². The number of benzene rings is 1. The number of esters is 1.